The van der Waals surface area contributed by atoms with E-state index in [1.165, 1.54) is 0 Å². The third-order valence-corrected chi connectivity index (χ3v) is 6.97. The molecule has 1 amide bonds. The monoisotopic (exact) mass is 430 g/mol. The van der Waals surface area contributed by atoms with Gasteiger partial charge in [-0.25, -0.2) is 13.4 Å². The van der Waals surface area contributed by atoms with Crippen molar-refractivity contribution in [1.82, 2.24) is 9.88 Å². The fourth-order valence-electron chi connectivity index (χ4n) is 3.30. The summed E-state index contributed by atoms with van der Waals surface area (Å²) >= 11 is 12.5. The summed E-state index contributed by atoms with van der Waals surface area (Å²) in [6.07, 6.45) is 0.452. The number of fused-ring (bicyclic) bond motifs is 1. The Kier molecular flexibility index (Phi) is 5.84. The summed E-state index contributed by atoms with van der Waals surface area (Å²) < 4.78 is 29.1. The molecular weight excluding hydrogens is 411 g/mol. The van der Waals surface area contributed by atoms with Crippen molar-refractivity contribution in [3.63, 3.8) is 0 Å². The fourth-order valence-corrected chi connectivity index (χ4v) is 5.61. The molecule has 9 heteroatoms. The number of aromatic nitrogens is 1. The maximum atomic E-state index is 12.6. The highest BCUT2D eigenvalue weighted by Gasteiger charge is 2.34. The first kappa shape index (κ1) is 20.2. The molecule has 0 N–H and O–H groups in total. The minimum Gasteiger partial charge on any atom is -0.480 e. The van der Waals surface area contributed by atoms with Crippen molar-refractivity contribution in [2.24, 2.45) is 0 Å². The van der Waals surface area contributed by atoms with Gasteiger partial charge in [0.05, 0.1) is 21.6 Å². The maximum Gasteiger partial charge on any atom is 0.260 e. The third kappa shape index (κ3) is 4.31. The molecule has 0 saturated carbocycles. The number of aryl methyl sites for hydroxylation is 1. The number of amides is 1. The lowest BCUT2D eigenvalue weighted by Crippen LogP contribution is -2.43. The molecule has 146 valence electrons. The van der Waals surface area contributed by atoms with Crippen LogP contribution in [0, 0.1) is 6.92 Å². The number of hydrogen-bond donors (Lipinski definition) is 0. The predicted molar refractivity (Wildman–Crippen MR) is 106 cm³/mol. The van der Waals surface area contributed by atoms with Crippen molar-refractivity contribution >= 4 is 49.8 Å². The molecule has 1 aliphatic heterocycles. The minimum atomic E-state index is -3.08. The zero-order valence-corrected chi connectivity index (χ0v) is 17.4. The normalized spacial score (nSPS) is 18.6. The van der Waals surface area contributed by atoms with Gasteiger partial charge in [-0.3, -0.25) is 4.79 Å². The number of nitrogens with zero attached hydrogens (tertiary/aromatic N) is 2. The first-order chi connectivity index (χ1) is 12.7. The molecule has 0 unspecified atom stereocenters. The Morgan fingerprint density at radius 2 is 2.07 bits per heavy atom. The average molecular weight is 431 g/mol. The third-order valence-electron chi connectivity index (χ3n) is 4.63. The molecule has 6 nitrogen and oxygen atoms in total. The van der Waals surface area contributed by atoms with Gasteiger partial charge < -0.3 is 9.64 Å². The van der Waals surface area contributed by atoms with E-state index in [2.05, 4.69) is 4.98 Å². The second kappa shape index (κ2) is 7.81. The van der Waals surface area contributed by atoms with Crippen molar-refractivity contribution in [2.45, 2.75) is 26.3 Å². The number of ether oxygens (including phenoxy) is 1. The molecule has 1 aromatic carbocycles. The van der Waals surface area contributed by atoms with Crippen LogP contribution in [0.4, 0.5) is 0 Å². The van der Waals surface area contributed by atoms with Gasteiger partial charge in [0.2, 0.25) is 0 Å². The SMILES string of the molecule is CCN(C(=O)COc1c(Cl)cc(Cl)c2ccc(C)nc12)[C@@H]1CCS(=O)(=O)C1. The molecule has 0 aliphatic carbocycles. The quantitative estimate of drug-likeness (QED) is 0.727. The van der Waals surface area contributed by atoms with Crippen LogP contribution in [-0.2, 0) is 14.6 Å². The molecule has 1 aromatic heterocycles. The van der Waals surface area contributed by atoms with E-state index >= 15 is 0 Å². The van der Waals surface area contributed by atoms with Crippen LogP contribution in [0.15, 0.2) is 18.2 Å². The topological polar surface area (TPSA) is 76.6 Å². The fraction of sp³-hybridized carbons (Fsp3) is 0.444. The van der Waals surface area contributed by atoms with Crippen LogP contribution in [0.2, 0.25) is 10.0 Å². The molecule has 0 spiro atoms. The standard InChI is InChI=1S/C18H20Cl2N2O4S/c1-3-22(12-6-7-27(24,25)10-12)16(23)9-26-18-15(20)8-14(19)13-5-4-11(2)21-17(13)18/h4-5,8,12H,3,6-7,9-10H2,1-2H3/t12-/m1/s1. The van der Waals surface area contributed by atoms with Gasteiger partial charge >= 0.3 is 0 Å². The number of halogens is 2. The number of carbonyl (C=O) groups excluding carboxylic acids is 1. The summed E-state index contributed by atoms with van der Waals surface area (Å²) in [6, 6.07) is 4.90. The molecule has 0 bridgehead atoms. The molecular formula is C18H20Cl2N2O4S. The van der Waals surface area contributed by atoms with E-state index in [1.807, 2.05) is 26.0 Å². The first-order valence-corrected chi connectivity index (χ1v) is 11.2. The molecule has 1 aliphatic rings. The Hall–Kier alpha value is -1.57. The summed E-state index contributed by atoms with van der Waals surface area (Å²) in [6.45, 7) is 3.81. The van der Waals surface area contributed by atoms with Gasteiger partial charge in [0.1, 0.15) is 5.52 Å². The van der Waals surface area contributed by atoms with E-state index in [-0.39, 0.29) is 35.1 Å². The molecule has 3 rings (SSSR count). The van der Waals surface area contributed by atoms with Gasteiger partial charge in [-0.05, 0) is 38.5 Å². The van der Waals surface area contributed by atoms with Gasteiger partial charge in [-0.15, -0.1) is 0 Å². The zero-order chi connectivity index (χ0) is 19.8. The average Bonchev–Trinajstić information content (AvgIpc) is 2.94. The van der Waals surface area contributed by atoms with E-state index in [4.69, 9.17) is 27.9 Å². The first-order valence-electron chi connectivity index (χ1n) is 8.60. The Labute approximate surface area is 168 Å². The van der Waals surface area contributed by atoms with Crippen molar-refractivity contribution < 1.29 is 17.9 Å². The van der Waals surface area contributed by atoms with E-state index in [9.17, 15) is 13.2 Å². The van der Waals surface area contributed by atoms with Crippen molar-refractivity contribution in [1.29, 1.82) is 0 Å². The molecule has 0 radical (unpaired) electrons. The minimum absolute atomic E-state index is 0.00202. The zero-order valence-electron chi connectivity index (χ0n) is 15.0. The number of likely N-dealkylation sites (N-methyl/N-ethyl adjacent to an activating group) is 1. The van der Waals surface area contributed by atoms with Crippen molar-refractivity contribution in [3.05, 3.63) is 33.9 Å². The van der Waals surface area contributed by atoms with E-state index in [0.717, 1.165) is 5.69 Å². The van der Waals surface area contributed by atoms with Crippen LogP contribution in [0.25, 0.3) is 10.9 Å². The second-order valence-electron chi connectivity index (χ2n) is 6.54. The summed E-state index contributed by atoms with van der Waals surface area (Å²) in [7, 11) is -3.08. The van der Waals surface area contributed by atoms with Crippen LogP contribution in [0.5, 0.6) is 5.75 Å². The molecule has 1 saturated heterocycles. The van der Waals surface area contributed by atoms with Crippen molar-refractivity contribution in [3.8, 4) is 5.75 Å². The number of rotatable bonds is 5. The van der Waals surface area contributed by atoms with Gasteiger partial charge in [-0.2, -0.15) is 0 Å². The Morgan fingerprint density at radius 3 is 2.70 bits per heavy atom. The highest BCUT2D eigenvalue weighted by atomic mass is 35.5. The van der Waals surface area contributed by atoms with Crippen LogP contribution in [-0.4, -0.2) is 54.9 Å². The van der Waals surface area contributed by atoms with E-state index < -0.39 is 9.84 Å². The highest BCUT2D eigenvalue weighted by molar-refractivity contribution is 7.91. The second-order valence-corrected chi connectivity index (χ2v) is 9.59. The summed E-state index contributed by atoms with van der Waals surface area (Å²) in [5, 5.41) is 1.40. The number of benzene rings is 1. The summed E-state index contributed by atoms with van der Waals surface area (Å²) in [5.41, 5.74) is 1.26. The predicted octanol–water partition coefficient (Wildman–Crippen LogP) is 3.26. The number of sulfone groups is 1. The smallest absolute Gasteiger partial charge is 0.260 e. The lowest BCUT2D eigenvalue weighted by atomic mass is 10.2. The largest absolute Gasteiger partial charge is 0.480 e. The number of hydrogen-bond acceptors (Lipinski definition) is 5. The lowest BCUT2D eigenvalue weighted by Gasteiger charge is -2.27. The van der Waals surface area contributed by atoms with Crippen LogP contribution >= 0.6 is 23.2 Å². The van der Waals surface area contributed by atoms with Crippen LogP contribution in [0.1, 0.15) is 19.0 Å². The summed E-state index contributed by atoms with van der Waals surface area (Å²) in [4.78, 5) is 18.6. The highest BCUT2D eigenvalue weighted by Crippen LogP contribution is 2.37. The molecule has 2 aromatic rings. The molecule has 1 fully saturated rings. The molecule has 27 heavy (non-hydrogen) atoms. The van der Waals surface area contributed by atoms with Gasteiger partial charge in [-0.1, -0.05) is 23.2 Å². The van der Waals surface area contributed by atoms with E-state index in [0.29, 0.717) is 34.6 Å². The van der Waals surface area contributed by atoms with Crippen LogP contribution < -0.4 is 4.74 Å². The van der Waals surface area contributed by atoms with Gasteiger partial charge in [0, 0.05) is 23.7 Å². The maximum absolute atomic E-state index is 12.6. The Morgan fingerprint density at radius 1 is 1.33 bits per heavy atom. The van der Waals surface area contributed by atoms with Crippen molar-refractivity contribution in [2.75, 3.05) is 24.7 Å². The van der Waals surface area contributed by atoms with Gasteiger partial charge in [0.15, 0.2) is 22.2 Å². The molecule has 1 atom stereocenters. The lowest BCUT2D eigenvalue weighted by molar-refractivity contribution is -0.135. The van der Waals surface area contributed by atoms with E-state index in [1.54, 1.807) is 11.0 Å². The van der Waals surface area contributed by atoms with Crippen LogP contribution in [0.3, 0.4) is 0 Å². The number of pyridine rings is 1. The summed E-state index contributed by atoms with van der Waals surface area (Å²) in [5.74, 6) is 0.117. The Bertz CT molecular complexity index is 995. The number of carbonyl (C=O) groups is 1. The Balaban J connectivity index is 1.82. The van der Waals surface area contributed by atoms with Gasteiger partial charge in [0.25, 0.3) is 5.91 Å². The molecule has 2 heterocycles.